The molecule has 106 valence electrons. The van der Waals surface area contributed by atoms with Crippen LogP contribution in [0.3, 0.4) is 0 Å². The van der Waals surface area contributed by atoms with Crippen molar-refractivity contribution in [2.24, 2.45) is 5.92 Å². The number of carbonyl (C=O) groups is 3. The van der Waals surface area contributed by atoms with Gasteiger partial charge in [0.05, 0.1) is 0 Å². The fourth-order valence-electron chi connectivity index (χ4n) is 1.53. The van der Waals surface area contributed by atoms with Gasteiger partial charge in [-0.2, -0.15) is 11.8 Å². The van der Waals surface area contributed by atoms with Crippen LogP contribution in [0.2, 0.25) is 0 Å². The lowest BCUT2D eigenvalue weighted by molar-refractivity contribution is -0.137. The molecule has 0 atom stereocenters. The van der Waals surface area contributed by atoms with Crippen molar-refractivity contribution in [3.8, 4) is 0 Å². The van der Waals surface area contributed by atoms with Gasteiger partial charge >= 0.3 is 0 Å². The van der Waals surface area contributed by atoms with Crippen molar-refractivity contribution < 1.29 is 14.4 Å². The SMILES string of the molecule is CC(C)CSCCNC(=O)CCN1C(=O)C=CC1=O. The van der Waals surface area contributed by atoms with Crippen molar-refractivity contribution in [2.75, 3.05) is 24.6 Å². The topological polar surface area (TPSA) is 66.5 Å². The fourth-order valence-corrected chi connectivity index (χ4v) is 2.42. The van der Waals surface area contributed by atoms with Gasteiger partial charge in [-0.1, -0.05) is 13.8 Å². The normalized spacial score (nSPS) is 14.6. The summed E-state index contributed by atoms with van der Waals surface area (Å²) in [5, 5.41) is 2.78. The Labute approximate surface area is 117 Å². The summed E-state index contributed by atoms with van der Waals surface area (Å²) < 4.78 is 0. The van der Waals surface area contributed by atoms with Gasteiger partial charge in [-0.05, 0) is 11.7 Å². The highest BCUT2D eigenvalue weighted by Crippen LogP contribution is 2.06. The van der Waals surface area contributed by atoms with Crippen molar-refractivity contribution in [3.05, 3.63) is 12.2 Å². The summed E-state index contributed by atoms with van der Waals surface area (Å²) in [5.41, 5.74) is 0. The molecule has 19 heavy (non-hydrogen) atoms. The molecule has 1 aliphatic heterocycles. The molecule has 0 radical (unpaired) electrons. The first kappa shape index (κ1) is 15.8. The molecule has 0 saturated heterocycles. The van der Waals surface area contributed by atoms with E-state index in [1.807, 2.05) is 0 Å². The van der Waals surface area contributed by atoms with E-state index in [0.29, 0.717) is 12.5 Å². The summed E-state index contributed by atoms with van der Waals surface area (Å²) in [6.45, 7) is 5.08. The molecule has 1 N–H and O–H groups in total. The molecule has 6 heteroatoms. The number of imide groups is 1. The lowest BCUT2D eigenvalue weighted by Crippen LogP contribution is -2.35. The molecule has 5 nitrogen and oxygen atoms in total. The van der Waals surface area contributed by atoms with E-state index in [4.69, 9.17) is 0 Å². The van der Waals surface area contributed by atoms with Gasteiger partial charge in [0.1, 0.15) is 0 Å². The maximum atomic E-state index is 11.5. The zero-order valence-corrected chi connectivity index (χ0v) is 12.2. The zero-order chi connectivity index (χ0) is 14.3. The number of carbonyl (C=O) groups excluding carboxylic acids is 3. The highest BCUT2D eigenvalue weighted by atomic mass is 32.2. The third kappa shape index (κ3) is 5.92. The van der Waals surface area contributed by atoms with Crippen LogP contribution in [-0.2, 0) is 14.4 Å². The Bertz CT molecular complexity index is 362. The van der Waals surface area contributed by atoms with Gasteiger partial charge in [0, 0.05) is 37.4 Å². The third-order valence-corrected chi connectivity index (χ3v) is 3.88. The third-order valence-electron chi connectivity index (χ3n) is 2.48. The van der Waals surface area contributed by atoms with Gasteiger partial charge in [-0.25, -0.2) is 0 Å². The fraction of sp³-hybridized carbons (Fsp3) is 0.615. The van der Waals surface area contributed by atoms with Gasteiger partial charge < -0.3 is 5.32 Å². The molecule has 0 aliphatic carbocycles. The van der Waals surface area contributed by atoms with Crippen LogP contribution in [0.1, 0.15) is 20.3 Å². The summed E-state index contributed by atoms with van der Waals surface area (Å²) in [6, 6.07) is 0. The molecule has 0 aromatic rings. The monoisotopic (exact) mass is 284 g/mol. The molecule has 0 unspecified atom stereocenters. The molecule has 0 aromatic carbocycles. The summed E-state index contributed by atoms with van der Waals surface area (Å²) >= 11 is 1.80. The Morgan fingerprint density at radius 1 is 1.32 bits per heavy atom. The van der Waals surface area contributed by atoms with Gasteiger partial charge in [0.2, 0.25) is 5.91 Å². The van der Waals surface area contributed by atoms with E-state index in [1.165, 1.54) is 12.2 Å². The summed E-state index contributed by atoms with van der Waals surface area (Å²) in [7, 11) is 0. The highest BCUT2D eigenvalue weighted by Gasteiger charge is 2.23. The Morgan fingerprint density at radius 2 is 1.95 bits per heavy atom. The van der Waals surface area contributed by atoms with Crippen molar-refractivity contribution in [1.29, 1.82) is 0 Å². The van der Waals surface area contributed by atoms with Crippen molar-refractivity contribution in [3.63, 3.8) is 0 Å². The van der Waals surface area contributed by atoms with Crippen LogP contribution >= 0.6 is 11.8 Å². The maximum absolute atomic E-state index is 11.5. The second-order valence-electron chi connectivity index (χ2n) is 4.73. The van der Waals surface area contributed by atoms with Crippen LogP contribution in [-0.4, -0.2) is 47.2 Å². The Kier molecular flexibility index (Phi) is 6.62. The average molecular weight is 284 g/mol. The van der Waals surface area contributed by atoms with Crippen molar-refractivity contribution in [2.45, 2.75) is 20.3 Å². The highest BCUT2D eigenvalue weighted by molar-refractivity contribution is 7.99. The molecule has 3 amide bonds. The Balaban J connectivity index is 2.08. The smallest absolute Gasteiger partial charge is 0.253 e. The number of nitrogens with zero attached hydrogens (tertiary/aromatic N) is 1. The van der Waals surface area contributed by atoms with E-state index in [2.05, 4.69) is 19.2 Å². The quantitative estimate of drug-likeness (QED) is 0.529. The minimum absolute atomic E-state index is 0.127. The standard InChI is InChI=1S/C13H20N2O3S/c1-10(2)9-19-8-6-14-11(16)5-7-15-12(17)3-4-13(15)18/h3-4,10H,5-9H2,1-2H3,(H,14,16). The summed E-state index contributed by atoms with van der Waals surface area (Å²) in [6.07, 6.45) is 2.61. The first-order valence-corrected chi connectivity index (χ1v) is 7.54. The molecule has 0 bridgehead atoms. The molecule has 1 heterocycles. The van der Waals surface area contributed by atoms with Gasteiger partial charge in [0.25, 0.3) is 11.8 Å². The number of hydrogen-bond acceptors (Lipinski definition) is 4. The van der Waals surface area contributed by atoms with Gasteiger partial charge in [-0.3, -0.25) is 19.3 Å². The predicted molar refractivity (Wildman–Crippen MR) is 75.6 cm³/mol. The van der Waals surface area contributed by atoms with E-state index in [0.717, 1.165) is 16.4 Å². The minimum atomic E-state index is -0.342. The molecule has 1 rings (SSSR count). The van der Waals surface area contributed by atoms with Crippen LogP contribution < -0.4 is 5.32 Å². The second-order valence-corrected chi connectivity index (χ2v) is 5.88. The van der Waals surface area contributed by atoms with Gasteiger partial charge in [0.15, 0.2) is 0 Å². The molecular weight excluding hydrogens is 264 g/mol. The first-order valence-electron chi connectivity index (χ1n) is 6.38. The molecule has 0 spiro atoms. The number of rotatable bonds is 8. The van der Waals surface area contributed by atoms with Crippen molar-refractivity contribution in [1.82, 2.24) is 10.2 Å². The summed E-state index contributed by atoms with van der Waals surface area (Å²) in [4.78, 5) is 35.1. The minimum Gasteiger partial charge on any atom is -0.355 e. The molecule has 1 aliphatic rings. The number of amides is 3. The Hall–Kier alpha value is -1.30. The van der Waals surface area contributed by atoms with Crippen LogP contribution in [0.15, 0.2) is 12.2 Å². The molecule has 0 fully saturated rings. The lowest BCUT2D eigenvalue weighted by Gasteiger charge is -2.13. The van der Waals surface area contributed by atoms with Crippen LogP contribution in [0.25, 0.3) is 0 Å². The second kappa shape index (κ2) is 7.99. The number of hydrogen-bond donors (Lipinski definition) is 1. The largest absolute Gasteiger partial charge is 0.355 e. The molecular formula is C13H20N2O3S. The number of thioether (sulfide) groups is 1. The zero-order valence-electron chi connectivity index (χ0n) is 11.3. The van der Waals surface area contributed by atoms with E-state index in [9.17, 15) is 14.4 Å². The predicted octanol–water partition coefficient (Wildman–Crippen LogP) is 0.807. The van der Waals surface area contributed by atoms with E-state index in [-0.39, 0.29) is 30.7 Å². The molecule has 0 aromatic heterocycles. The average Bonchev–Trinajstić information content (AvgIpc) is 2.66. The molecule has 0 saturated carbocycles. The van der Waals surface area contributed by atoms with Crippen LogP contribution in [0, 0.1) is 5.92 Å². The van der Waals surface area contributed by atoms with E-state index >= 15 is 0 Å². The van der Waals surface area contributed by atoms with Crippen LogP contribution in [0.4, 0.5) is 0 Å². The Morgan fingerprint density at radius 3 is 2.53 bits per heavy atom. The van der Waals surface area contributed by atoms with Crippen molar-refractivity contribution >= 4 is 29.5 Å². The first-order chi connectivity index (χ1) is 9.00. The van der Waals surface area contributed by atoms with E-state index < -0.39 is 0 Å². The van der Waals surface area contributed by atoms with Crippen LogP contribution in [0.5, 0.6) is 0 Å². The summed E-state index contributed by atoms with van der Waals surface area (Å²) in [5.74, 6) is 1.80. The maximum Gasteiger partial charge on any atom is 0.253 e. The van der Waals surface area contributed by atoms with E-state index in [1.54, 1.807) is 11.8 Å². The van der Waals surface area contributed by atoms with Gasteiger partial charge in [-0.15, -0.1) is 0 Å². The number of nitrogens with one attached hydrogen (secondary N) is 1. The lowest BCUT2D eigenvalue weighted by atomic mass is 10.3.